The first-order valence-corrected chi connectivity index (χ1v) is 16.9. The van der Waals surface area contributed by atoms with E-state index in [9.17, 15) is 18.0 Å². The van der Waals surface area contributed by atoms with Gasteiger partial charge in [0.15, 0.2) is 8.32 Å². The zero-order chi connectivity index (χ0) is 30.7. The van der Waals surface area contributed by atoms with Crippen molar-refractivity contribution in [3.05, 3.63) is 71.6 Å². The molecule has 1 aromatic heterocycles. The van der Waals surface area contributed by atoms with Gasteiger partial charge < -0.3 is 18.6 Å². The lowest BCUT2D eigenvalue weighted by Crippen LogP contribution is -2.45. The molecular formula is C30H39F3N4O4Si. The van der Waals surface area contributed by atoms with E-state index in [1.165, 1.54) is 4.90 Å². The number of nitrogens with zero attached hydrogens (tertiary/aromatic N) is 4. The van der Waals surface area contributed by atoms with E-state index in [-0.39, 0.29) is 23.6 Å². The third-order valence-electron chi connectivity index (χ3n) is 8.09. The Morgan fingerprint density at radius 1 is 1.14 bits per heavy atom. The molecule has 2 atom stereocenters. The molecule has 1 aliphatic heterocycles. The van der Waals surface area contributed by atoms with Crippen LogP contribution >= 0.6 is 0 Å². The van der Waals surface area contributed by atoms with Gasteiger partial charge in [-0.25, -0.2) is 4.79 Å². The molecule has 12 heteroatoms. The van der Waals surface area contributed by atoms with Crippen LogP contribution in [0.1, 0.15) is 50.3 Å². The molecule has 3 aromatic rings. The number of rotatable bonds is 9. The average Bonchev–Trinajstić information content (AvgIpc) is 3.60. The summed E-state index contributed by atoms with van der Waals surface area (Å²) in [6.45, 7) is 13.2. The highest BCUT2D eigenvalue weighted by atomic mass is 28.4. The standard InChI is InChI=1S/C30H39F3N4O4Si/c1-29(2,3)42(5,6)41-24-15-16-37(18-24)19-25(36(4)28(38)39-20-21-11-8-7-9-12-21)22-13-10-14-23(17-22)26-34-27(40-35-26)30(31,32)33/h7-14,17,24-25H,15-16,18-20H2,1-6H3/t24?,25-/m1/s1. The zero-order valence-corrected chi connectivity index (χ0v) is 25.9. The first-order valence-electron chi connectivity index (χ1n) is 14.0. The number of alkyl halides is 3. The molecule has 0 N–H and O–H groups in total. The Labute approximate surface area is 245 Å². The van der Waals surface area contributed by atoms with Crippen molar-refractivity contribution in [1.29, 1.82) is 0 Å². The summed E-state index contributed by atoms with van der Waals surface area (Å²) in [4.78, 5) is 20.6. The van der Waals surface area contributed by atoms with E-state index in [1.807, 2.05) is 36.4 Å². The van der Waals surface area contributed by atoms with Gasteiger partial charge in [0.2, 0.25) is 5.82 Å². The van der Waals surface area contributed by atoms with Crippen molar-refractivity contribution in [3.8, 4) is 11.4 Å². The number of carbonyl (C=O) groups excluding carboxylic acids is 1. The molecule has 0 spiro atoms. The second kappa shape index (κ2) is 12.6. The van der Waals surface area contributed by atoms with Crippen molar-refractivity contribution < 1.29 is 31.7 Å². The van der Waals surface area contributed by atoms with Gasteiger partial charge in [0, 0.05) is 32.2 Å². The number of hydrogen-bond acceptors (Lipinski definition) is 7. The lowest BCUT2D eigenvalue weighted by molar-refractivity contribution is -0.159. The van der Waals surface area contributed by atoms with E-state index in [0.29, 0.717) is 17.7 Å². The maximum Gasteiger partial charge on any atom is 0.471 e. The van der Waals surface area contributed by atoms with Crippen LogP contribution in [0.4, 0.5) is 18.0 Å². The van der Waals surface area contributed by atoms with Gasteiger partial charge in [0.25, 0.3) is 0 Å². The molecule has 8 nitrogen and oxygen atoms in total. The van der Waals surface area contributed by atoms with Gasteiger partial charge in [-0.2, -0.15) is 18.2 Å². The number of carbonyl (C=O) groups is 1. The Hall–Kier alpha value is -3.22. The molecule has 1 aliphatic rings. The number of benzene rings is 2. The topological polar surface area (TPSA) is 80.9 Å². The summed E-state index contributed by atoms with van der Waals surface area (Å²) in [6.07, 6.45) is -4.29. The summed E-state index contributed by atoms with van der Waals surface area (Å²) in [7, 11) is -0.289. The maximum absolute atomic E-state index is 13.2. The van der Waals surface area contributed by atoms with E-state index in [0.717, 1.165) is 25.1 Å². The molecular weight excluding hydrogens is 565 g/mol. The van der Waals surface area contributed by atoms with Crippen molar-refractivity contribution >= 4 is 14.4 Å². The Morgan fingerprint density at radius 3 is 2.50 bits per heavy atom. The molecule has 1 unspecified atom stereocenters. The van der Waals surface area contributed by atoms with Gasteiger partial charge in [0.1, 0.15) is 6.61 Å². The van der Waals surface area contributed by atoms with Gasteiger partial charge >= 0.3 is 18.2 Å². The Kier molecular flexibility index (Phi) is 9.48. The minimum absolute atomic E-state index is 0.0905. The summed E-state index contributed by atoms with van der Waals surface area (Å²) in [5.74, 6) is -1.59. The predicted molar refractivity (Wildman–Crippen MR) is 155 cm³/mol. The quantitative estimate of drug-likeness (QED) is 0.240. The van der Waals surface area contributed by atoms with Gasteiger partial charge in [-0.3, -0.25) is 4.90 Å². The minimum atomic E-state index is -4.74. The molecule has 1 saturated heterocycles. The van der Waals surface area contributed by atoms with Crippen molar-refractivity contribution in [1.82, 2.24) is 19.9 Å². The van der Waals surface area contributed by atoms with Crippen LogP contribution in [0.25, 0.3) is 11.4 Å². The lowest BCUT2D eigenvalue weighted by Gasteiger charge is -2.38. The largest absolute Gasteiger partial charge is 0.471 e. The summed E-state index contributed by atoms with van der Waals surface area (Å²) in [5, 5.41) is 3.62. The molecule has 0 radical (unpaired) electrons. The fraction of sp³-hybridized carbons (Fsp3) is 0.500. The zero-order valence-electron chi connectivity index (χ0n) is 24.9. The third kappa shape index (κ3) is 7.78. The van der Waals surface area contributed by atoms with E-state index < -0.39 is 32.5 Å². The van der Waals surface area contributed by atoms with Crippen LogP contribution in [0.2, 0.25) is 18.1 Å². The number of ether oxygens (including phenoxy) is 1. The van der Waals surface area contributed by atoms with E-state index in [2.05, 4.69) is 53.4 Å². The van der Waals surface area contributed by atoms with E-state index in [4.69, 9.17) is 9.16 Å². The van der Waals surface area contributed by atoms with Crippen LogP contribution < -0.4 is 0 Å². The molecule has 42 heavy (non-hydrogen) atoms. The fourth-order valence-corrected chi connectivity index (χ4v) is 6.02. The minimum Gasteiger partial charge on any atom is -0.445 e. The predicted octanol–water partition coefficient (Wildman–Crippen LogP) is 7.16. The monoisotopic (exact) mass is 604 g/mol. The van der Waals surface area contributed by atoms with Crippen molar-refractivity contribution in [3.63, 3.8) is 0 Å². The first-order chi connectivity index (χ1) is 19.6. The molecule has 0 saturated carbocycles. The fourth-order valence-electron chi connectivity index (χ4n) is 4.64. The smallest absolute Gasteiger partial charge is 0.445 e. The van der Waals surface area contributed by atoms with Crippen molar-refractivity contribution in [2.75, 3.05) is 26.7 Å². The highest BCUT2D eigenvalue weighted by Crippen LogP contribution is 2.38. The van der Waals surface area contributed by atoms with Gasteiger partial charge in [-0.15, -0.1) is 0 Å². The Bertz CT molecular complexity index is 1340. The van der Waals surface area contributed by atoms with Crippen molar-refractivity contribution in [2.24, 2.45) is 0 Å². The second-order valence-electron chi connectivity index (χ2n) is 12.3. The lowest BCUT2D eigenvalue weighted by atomic mass is 10.0. The summed E-state index contributed by atoms with van der Waals surface area (Å²) < 4.78 is 55.9. The van der Waals surface area contributed by atoms with Crippen LogP contribution in [0.5, 0.6) is 0 Å². The number of aromatic nitrogens is 2. The molecule has 2 aromatic carbocycles. The van der Waals surface area contributed by atoms with Crippen LogP contribution in [-0.4, -0.2) is 67.1 Å². The molecule has 0 bridgehead atoms. The molecule has 1 fully saturated rings. The summed E-state index contributed by atoms with van der Waals surface area (Å²) >= 11 is 0. The average molecular weight is 605 g/mol. The van der Waals surface area contributed by atoms with Crippen molar-refractivity contribution in [2.45, 2.75) is 70.3 Å². The number of hydrogen-bond donors (Lipinski definition) is 0. The van der Waals surface area contributed by atoms with Crippen LogP contribution in [0.15, 0.2) is 59.1 Å². The Morgan fingerprint density at radius 2 is 1.86 bits per heavy atom. The number of amides is 1. The summed E-state index contributed by atoms with van der Waals surface area (Å²) in [5.41, 5.74) is 1.92. The number of likely N-dealkylation sites (tertiary alicyclic amines) is 1. The highest BCUT2D eigenvalue weighted by molar-refractivity contribution is 6.74. The number of halogens is 3. The Balaban J connectivity index is 1.55. The third-order valence-corrected chi connectivity index (χ3v) is 12.6. The number of likely N-dealkylation sites (N-methyl/N-ethyl adjacent to an activating group) is 1. The second-order valence-corrected chi connectivity index (χ2v) is 17.0. The van der Waals surface area contributed by atoms with Crippen LogP contribution in [-0.2, 0) is 21.9 Å². The van der Waals surface area contributed by atoms with Crippen LogP contribution in [0.3, 0.4) is 0 Å². The van der Waals surface area contributed by atoms with Gasteiger partial charge in [-0.05, 0) is 41.7 Å². The van der Waals surface area contributed by atoms with Gasteiger partial charge in [-0.1, -0.05) is 74.5 Å². The maximum atomic E-state index is 13.2. The van der Waals surface area contributed by atoms with E-state index >= 15 is 0 Å². The van der Waals surface area contributed by atoms with Gasteiger partial charge in [0.05, 0.1) is 12.1 Å². The van der Waals surface area contributed by atoms with Crippen LogP contribution in [0, 0.1) is 0 Å². The normalized spacial score (nSPS) is 17.3. The molecule has 228 valence electrons. The molecule has 2 heterocycles. The molecule has 0 aliphatic carbocycles. The highest BCUT2D eigenvalue weighted by Gasteiger charge is 2.41. The molecule has 4 rings (SSSR count). The summed E-state index contributed by atoms with van der Waals surface area (Å²) in [6, 6.07) is 15.8. The first kappa shape index (κ1) is 31.7. The SMILES string of the molecule is CN(C(=O)OCc1ccccc1)[C@H](CN1CCC(O[Si](C)(C)C(C)(C)C)C1)c1cccc(-c2noc(C(F)(F)F)n2)c1. The molecule has 1 amide bonds. The van der Waals surface area contributed by atoms with E-state index in [1.54, 1.807) is 25.2 Å².